The third-order valence-corrected chi connectivity index (χ3v) is 4.98. The Bertz CT molecular complexity index is 819. The minimum absolute atomic E-state index is 0.0273. The molecule has 1 atom stereocenters. The minimum Gasteiger partial charge on any atom is -0.326 e. The summed E-state index contributed by atoms with van der Waals surface area (Å²) in [6.07, 6.45) is 1.29. The van der Waals surface area contributed by atoms with Gasteiger partial charge in [0.2, 0.25) is 5.91 Å². The Labute approximate surface area is 152 Å². The average Bonchev–Trinajstić information content (AvgIpc) is 2.60. The number of nitrogens with zero attached hydrogens (tertiary/aromatic N) is 1. The van der Waals surface area contributed by atoms with E-state index in [2.05, 4.69) is 12.2 Å². The molecule has 0 radical (unpaired) electrons. The Balaban J connectivity index is 1.96. The summed E-state index contributed by atoms with van der Waals surface area (Å²) in [6.45, 7) is 4.58. The number of likely N-dealkylation sites (tertiary alicyclic amines) is 1. The molecule has 25 heavy (non-hydrogen) atoms. The lowest BCUT2D eigenvalue weighted by Crippen LogP contribution is -2.49. The number of anilines is 1. The van der Waals surface area contributed by atoms with Gasteiger partial charge in [0, 0.05) is 29.2 Å². The van der Waals surface area contributed by atoms with E-state index in [9.17, 15) is 9.59 Å². The van der Waals surface area contributed by atoms with Crippen LogP contribution in [0.15, 0.2) is 42.5 Å². The summed E-state index contributed by atoms with van der Waals surface area (Å²) in [6, 6.07) is 12.4. The molecule has 1 heterocycles. The molecular weight excluding hydrogens is 336 g/mol. The highest BCUT2D eigenvalue weighted by molar-refractivity contribution is 6.31. The third-order valence-electron chi connectivity index (χ3n) is 4.63. The summed E-state index contributed by atoms with van der Waals surface area (Å²) < 4.78 is 0. The molecule has 1 saturated heterocycles. The highest BCUT2D eigenvalue weighted by Gasteiger charge is 2.37. The summed E-state index contributed by atoms with van der Waals surface area (Å²) in [4.78, 5) is 26.7. The van der Waals surface area contributed by atoms with Gasteiger partial charge in [-0.1, -0.05) is 54.9 Å². The van der Waals surface area contributed by atoms with Gasteiger partial charge in [-0.15, -0.1) is 0 Å². The van der Waals surface area contributed by atoms with E-state index in [0.717, 1.165) is 23.2 Å². The fraction of sp³-hybridized carbons (Fsp3) is 0.300. The van der Waals surface area contributed by atoms with Gasteiger partial charge in [0.05, 0.1) is 0 Å². The zero-order chi connectivity index (χ0) is 18.0. The minimum atomic E-state index is -0.709. The summed E-state index contributed by atoms with van der Waals surface area (Å²) in [5.41, 5.74) is 3.54. The summed E-state index contributed by atoms with van der Waals surface area (Å²) in [7, 11) is 0. The number of carbonyl (C=O) groups excluding carboxylic acids is 2. The zero-order valence-electron chi connectivity index (χ0n) is 14.4. The van der Waals surface area contributed by atoms with Crippen molar-refractivity contribution >= 4 is 29.1 Å². The first-order valence-electron chi connectivity index (χ1n) is 8.46. The van der Waals surface area contributed by atoms with Crippen molar-refractivity contribution in [1.82, 2.24) is 4.90 Å². The van der Waals surface area contributed by atoms with Crippen LogP contribution in [0.5, 0.6) is 0 Å². The molecule has 0 unspecified atom stereocenters. The fourth-order valence-electron chi connectivity index (χ4n) is 3.15. The molecular formula is C20H21ClN2O2. The van der Waals surface area contributed by atoms with E-state index in [1.807, 2.05) is 37.3 Å². The molecule has 0 bridgehead atoms. The molecule has 2 amide bonds. The van der Waals surface area contributed by atoms with E-state index < -0.39 is 6.04 Å². The molecule has 2 aromatic rings. The average molecular weight is 357 g/mol. The van der Waals surface area contributed by atoms with Crippen LogP contribution in [0, 0.1) is 6.92 Å². The van der Waals surface area contributed by atoms with E-state index in [-0.39, 0.29) is 11.8 Å². The highest BCUT2D eigenvalue weighted by atomic mass is 35.5. The van der Waals surface area contributed by atoms with Gasteiger partial charge in [0.25, 0.3) is 5.91 Å². The largest absolute Gasteiger partial charge is 0.326 e. The lowest BCUT2D eigenvalue weighted by molar-refractivity contribution is -0.147. The number of benzene rings is 2. The topological polar surface area (TPSA) is 49.4 Å². The molecule has 0 saturated carbocycles. The molecule has 130 valence electrons. The molecule has 0 aromatic heterocycles. The van der Waals surface area contributed by atoms with Crippen molar-refractivity contribution in [3.8, 4) is 0 Å². The number of β-lactam (4-membered cyclic amide) rings is 1. The number of amides is 2. The summed E-state index contributed by atoms with van der Waals surface area (Å²) in [5.74, 6) is -0.259. The Hall–Kier alpha value is -2.33. The monoisotopic (exact) mass is 356 g/mol. The molecule has 1 aliphatic rings. The molecule has 1 aliphatic heterocycles. The smallest absolute Gasteiger partial charge is 0.251 e. The number of aryl methyl sites for hydroxylation is 2. The molecule has 2 aromatic carbocycles. The second-order valence-electron chi connectivity index (χ2n) is 6.21. The highest BCUT2D eigenvalue weighted by Crippen LogP contribution is 2.33. The van der Waals surface area contributed by atoms with Gasteiger partial charge in [0.1, 0.15) is 6.04 Å². The van der Waals surface area contributed by atoms with Gasteiger partial charge in [0.15, 0.2) is 0 Å². The first kappa shape index (κ1) is 17.5. The Morgan fingerprint density at radius 2 is 2.00 bits per heavy atom. The van der Waals surface area contributed by atoms with Crippen molar-refractivity contribution in [1.29, 1.82) is 0 Å². The molecule has 3 rings (SSSR count). The molecule has 0 spiro atoms. The van der Waals surface area contributed by atoms with E-state index in [4.69, 9.17) is 11.6 Å². The van der Waals surface area contributed by atoms with Gasteiger partial charge in [-0.2, -0.15) is 0 Å². The predicted octanol–water partition coefficient (Wildman–Crippen LogP) is 4.12. The lowest BCUT2D eigenvalue weighted by Gasteiger charge is -2.38. The Morgan fingerprint density at radius 1 is 1.24 bits per heavy atom. The standard InChI is InChI=1S/C20H21ClN2O2/c1-3-14-8-6-7-13(2)18(14)22-20(25)19(23-12-11-17(23)24)15-9-4-5-10-16(15)21/h4-10,19H,3,11-12H2,1-2H3,(H,22,25)/t19-/m0/s1. The van der Waals surface area contributed by atoms with Crippen molar-refractivity contribution in [2.45, 2.75) is 32.7 Å². The van der Waals surface area contributed by atoms with Crippen molar-refractivity contribution in [2.75, 3.05) is 11.9 Å². The number of carbonyl (C=O) groups is 2. The van der Waals surface area contributed by atoms with Crippen molar-refractivity contribution in [2.24, 2.45) is 0 Å². The van der Waals surface area contributed by atoms with Crippen LogP contribution in [0.2, 0.25) is 5.02 Å². The quantitative estimate of drug-likeness (QED) is 0.819. The second kappa shape index (κ2) is 7.28. The van der Waals surface area contributed by atoms with Crippen molar-refractivity contribution < 1.29 is 9.59 Å². The normalized spacial score (nSPS) is 14.8. The predicted molar refractivity (Wildman–Crippen MR) is 99.7 cm³/mol. The molecule has 5 heteroatoms. The molecule has 1 N–H and O–H groups in total. The van der Waals surface area contributed by atoms with Gasteiger partial charge in [-0.3, -0.25) is 9.59 Å². The maximum Gasteiger partial charge on any atom is 0.251 e. The van der Waals surface area contributed by atoms with Crippen LogP contribution in [-0.2, 0) is 16.0 Å². The van der Waals surface area contributed by atoms with Crippen LogP contribution < -0.4 is 5.32 Å². The summed E-state index contributed by atoms with van der Waals surface area (Å²) >= 11 is 6.31. The maximum atomic E-state index is 13.1. The number of rotatable bonds is 5. The van der Waals surface area contributed by atoms with Crippen LogP contribution in [0.25, 0.3) is 0 Å². The Kier molecular flexibility index (Phi) is 5.09. The van der Waals surface area contributed by atoms with Crippen LogP contribution in [0.3, 0.4) is 0 Å². The van der Waals surface area contributed by atoms with E-state index >= 15 is 0 Å². The second-order valence-corrected chi connectivity index (χ2v) is 6.62. The van der Waals surface area contributed by atoms with Crippen LogP contribution in [0.1, 0.15) is 36.1 Å². The Morgan fingerprint density at radius 3 is 2.60 bits per heavy atom. The van der Waals surface area contributed by atoms with E-state index in [1.165, 1.54) is 0 Å². The third kappa shape index (κ3) is 3.40. The summed E-state index contributed by atoms with van der Waals surface area (Å²) in [5, 5.41) is 3.52. The fourth-order valence-corrected chi connectivity index (χ4v) is 3.39. The number of para-hydroxylation sites is 1. The van der Waals surface area contributed by atoms with Crippen LogP contribution in [-0.4, -0.2) is 23.3 Å². The molecule has 4 nitrogen and oxygen atoms in total. The maximum absolute atomic E-state index is 13.1. The number of hydrogen-bond donors (Lipinski definition) is 1. The van der Waals surface area contributed by atoms with Gasteiger partial charge >= 0.3 is 0 Å². The lowest BCUT2D eigenvalue weighted by atomic mass is 9.99. The van der Waals surface area contributed by atoms with Crippen molar-refractivity contribution in [3.63, 3.8) is 0 Å². The van der Waals surface area contributed by atoms with E-state index in [0.29, 0.717) is 23.6 Å². The number of halogens is 1. The van der Waals surface area contributed by atoms with Crippen LogP contribution >= 0.6 is 11.6 Å². The molecule has 0 aliphatic carbocycles. The zero-order valence-corrected chi connectivity index (χ0v) is 15.1. The van der Waals surface area contributed by atoms with Gasteiger partial charge < -0.3 is 10.2 Å². The first-order valence-corrected chi connectivity index (χ1v) is 8.84. The number of nitrogens with one attached hydrogen (secondary N) is 1. The van der Waals surface area contributed by atoms with Gasteiger partial charge in [-0.05, 0) is 30.5 Å². The number of hydrogen-bond acceptors (Lipinski definition) is 2. The van der Waals surface area contributed by atoms with E-state index in [1.54, 1.807) is 17.0 Å². The molecule has 1 fully saturated rings. The van der Waals surface area contributed by atoms with Crippen LogP contribution in [0.4, 0.5) is 5.69 Å². The first-order chi connectivity index (χ1) is 12.0. The SMILES string of the molecule is CCc1cccc(C)c1NC(=O)[C@H](c1ccccc1Cl)N1CCC1=O. The van der Waals surface area contributed by atoms with Crippen molar-refractivity contribution in [3.05, 3.63) is 64.2 Å². The van der Waals surface area contributed by atoms with Gasteiger partial charge in [-0.25, -0.2) is 0 Å².